The van der Waals surface area contributed by atoms with Crippen molar-refractivity contribution < 1.29 is 14.5 Å². The van der Waals surface area contributed by atoms with Gasteiger partial charge in [0, 0.05) is 47.9 Å². The molecule has 2 aromatic carbocycles. The molecule has 2 heterocycles. The maximum Gasteiger partial charge on any atom is 0.269 e. The number of carbonyl (C=O) groups excluding carboxylic acids is 1. The number of hydrogen-bond acceptors (Lipinski definition) is 5. The highest BCUT2D eigenvalue weighted by atomic mass is 16.6. The molecule has 3 aromatic rings. The average molecular weight is 437 g/mol. The zero-order valence-corrected chi connectivity index (χ0v) is 18.4. The van der Waals surface area contributed by atoms with Crippen LogP contribution < -0.4 is 10.1 Å². The van der Waals surface area contributed by atoms with E-state index in [0.29, 0.717) is 30.1 Å². The minimum Gasteiger partial charge on any atom is -0.497 e. The number of non-ortho nitro benzene ring substituents is 1. The number of fused-ring (bicyclic) bond motifs is 1. The summed E-state index contributed by atoms with van der Waals surface area (Å²) in [6.45, 7) is 4.36. The molecule has 0 bridgehead atoms. The van der Waals surface area contributed by atoms with Crippen LogP contribution in [0.25, 0.3) is 10.9 Å². The van der Waals surface area contributed by atoms with E-state index in [-0.39, 0.29) is 11.6 Å². The maximum atomic E-state index is 12.4. The van der Waals surface area contributed by atoms with Gasteiger partial charge in [0.1, 0.15) is 5.75 Å². The maximum absolute atomic E-state index is 12.4. The molecule has 1 aromatic heterocycles. The molecular weight excluding hydrogens is 408 g/mol. The molecule has 0 saturated carbocycles. The molecule has 8 heteroatoms. The van der Waals surface area contributed by atoms with Gasteiger partial charge in [0.2, 0.25) is 5.91 Å². The summed E-state index contributed by atoms with van der Waals surface area (Å²) in [5, 5.41) is 15.0. The second-order valence-corrected chi connectivity index (χ2v) is 8.33. The predicted molar refractivity (Wildman–Crippen MR) is 124 cm³/mol. The van der Waals surface area contributed by atoms with Crippen molar-refractivity contribution >= 4 is 28.2 Å². The van der Waals surface area contributed by atoms with E-state index in [0.717, 1.165) is 37.2 Å². The molecule has 168 valence electrons. The number of carbonyl (C=O) groups is 1. The topological polar surface area (TPSA) is 100 Å². The van der Waals surface area contributed by atoms with Crippen LogP contribution >= 0.6 is 0 Å². The summed E-state index contributed by atoms with van der Waals surface area (Å²) in [4.78, 5) is 28.5. The first kappa shape index (κ1) is 21.8. The Morgan fingerprint density at radius 2 is 2.03 bits per heavy atom. The first-order valence-corrected chi connectivity index (χ1v) is 10.9. The molecule has 0 radical (unpaired) electrons. The Morgan fingerprint density at radius 3 is 2.72 bits per heavy atom. The molecule has 1 fully saturated rings. The van der Waals surface area contributed by atoms with Crippen molar-refractivity contribution in [2.24, 2.45) is 0 Å². The number of methoxy groups -OCH3 is 1. The van der Waals surface area contributed by atoms with Crippen LogP contribution in [-0.4, -0.2) is 47.5 Å². The number of nitro groups is 1. The highest BCUT2D eigenvalue weighted by Crippen LogP contribution is 2.34. The van der Waals surface area contributed by atoms with E-state index < -0.39 is 4.92 Å². The fourth-order valence-electron chi connectivity index (χ4n) is 4.43. The second-order valence-electron chi connectivity index (χ2n) is 8.33. The Balaban J connectivity index is 1.28. The van der Waals surface area contributed by atoms with Crippen molar-refractivity contribution in [3.8, 4) is 5.75 Å². The number of nitro benzene ring substituents is 1. The summed E-state index contributed by atoms with van der Waals surface area (Å²) in [6, 6.07) is 10.6. The largest absolute Gasteiger partial charge is 0.497 e. The van der Waals surface area contributed by atoms with E-state index in [4.69, 9.17) is 4.74 Å². The monoisotopic (exact) mass is 436 g/mol. The summed E-state index contributed by atoms with van der Waals surface area (Å²) in [5.41, 5.74) is 3.79. The Bertz CT molecular complexity index is 1130. The van der Waals surface area contributed by atoms with Crippen LogP contribution in [0.5, 0.6) is 5.75 Å². The van der Waals surface area contributed by atoms with E-state index in [2.05, 4.69) is 33.5 Å². The number of aromatic amines is 1. The molecule has 0 atom stereocenters. The molecule has 1 aliphatic heterocycles. The van der Waals surface area contributed by atoms with Crippen molar-refractivity contribution in [1.82, 2.24) is 9.88 Å². The second kappa shape index (κ2) is 9.40. The third kappa shape index (κ3) is 4.75. The van der Waals surface area contributed by atoms with Crippen molar-refractivity contribution in [2.45, 2.75) is 32.1 Å². The summed E-state index contributed by atoms with van der Waals surface area (Å²) in [6.07, 6.45) is 4.61. The van der Waals surface area contributed by atoms with Crippen LogP contribution in [0.2, 0.25) is 0 Å². The van der Waals surface area contributed by atoms with Crippen LogP contribution in [0.15, 0.2) is 42.6 Å². The number of nitrogens with one attached hydrogen (secondary N) is 2. The number of benzene rings is 2. The highest BCUT2D eigenvalue weighted by molar-refractivity contribution is 5.91. The van der Waals surface area contributed by atoms with Gasteiger partial charge >= 0.3 is 0 Å². The van der Waals surface area contributed by atoms with E-state index in [1.54, 1.807) is 20.1 Å². The van der Waals surface area contributed by atoms with Gasteiger partial charge in [0.15, 0.2) is 0 Å². The summed E-state index contributed by atoms with van der Waals surface area (Å²) in [7, 11) is 1.69. The van der Waals surface area contributed by atoms with Crippen molar-refractivity contribution in [2.75, 3.05) is 32.1 Å². The van der Waals surface area contributed by atoms with Gasteiger partial charge in [-0.2, -0.15) is 0 Å². The first-order chi connectivity index (χ1) is 15.4. The quantitative estimate of drug-likeness (QED) is 0.416. The van der Waals surface area contributed by atoms with Crippen LogP contribution in [-0.2, 0) is 4.79 Å². The number of ether oxygens (including phenoxy) is 1. The van der Waals surface area contributed by atoms with Gasteiger partial charge in [-0.3, -0.25) is 14.9 Å². The number of rotatable bonds is 7. The van der Waals surface area contributed by atoms with Crippen molar-refractivity contribution in [3.05, 3.63) is 63.8 Å². The summed E-state index contributed by atoms with van der Waals surface area (Å²) >= 11 is 0. The number of H-pyrrole nitrogens is 1. The average Bonchev–Trinajstić information content (AvgIpc) is 3.22. The summed E-state index contributed by atoms with van der Waals surface area (Å²) < 4.78 is 5.38. The highest BCUT2D eigenvalue weighted by Gasteiger charge is 2.23. The number of anilines is 1. The third-order valence-corrected chi connectivity index (χ3v) is 6.30. The molecule has 0 aliphatic carbocycles. The van der Waals surface area contributed by atoms with Gasteiger partial charge in [0.25, 0.3) is 5.69 Å². The van der Waals surface area contributed by atoms with Crippen LogP contribution in [0.3, 0.4) is 0 Å². The van der Waals surface area contributed by atoms with E-state index >= 15 is 0 Å². The van der Waals surface area contributed by atoms with Crippen LogP contribution in [0.1, 0.15) is 36.3 Å². The van der Waals surface area contributed by atoms with Gasteiger partial charge in [0.05, 0.1) is 12.0 Å². The number of likely N-dealkylation sites (tertiary alicyclic amines) is 1. The van der Waals surface area contributed by atoms with Gasteiger partial charge in [-0.1, -0.05) is 0 Å². The summed E-state index contributed by atoms with van der Waals surface area (Å²) in [5.74, 6) is 1.28. The Kier molecular flexibility index (Phi) is 6.41. The number of aromatic nitrogens is 1. The number of piperidine rings is 1. The lowest BCUT2D eigenvalue weighted by atomic mass is 9.89. The van der Waals surface area contributed by atoms with Crippen LogP contribution in [0.4, 0.5) is 11.4 Å². The SMILES string of the molecule is COc1ccc2[nH]cc(C3CCN(CCC(=O)Nc4ccc([N+](=O)[O-])cc4C)CC3)c2c1. The lowest BCUT2D eigenvalue weighted by Gasteiger charge is -2.31. The lowest BCUT2D eigenvalue weighted by Crippen LogP contribution is -2.35. The molecule has 2 N–H and O–H groups in total. The van der Waals surface area contributed by atoms with Gasteiger partial charge in [-0.15, -0.1) is 0 Å². The number of amides is 1. The molecule has 1 amide bonds. The first-order valence-electron chi connectivity index (χ1n) is 10.9. The van der Waals surface area contributed by atoms with Crippen LogP contribution in [0, 0.1) is 17.0 Å². The minimum atomic E-state index is -0.436. The molecule has 1 aliphatic rings. The smallest absolute Gasteiger partial charge is 0.269 e. The van der Waals surface area contributed by atoms with Gasteiger partial charge in [-0.05, 0) is 74.2 Å². The zero-order chi connectivity index (χ0) is 22.7. The predicted octanol–water partition coefficient (Wildman–Crippen LogP) is 4.60. The molecule has 1 saturated heterocycles. The third-order valence-electron chi connectivity index (χ3n) is 6.30. The lowest BCUT2D eigenvalue weighted by molar-refractivity contribution is -0.384. The number of nitrogens with zero attached hydrogens (tertiary/aromatic N) is 2. The number of aryl methyl sites for hydroxylation is 1. The molecule has 0 spiro atoms. The normalized spacial score (nSPS) is 15.1. The van der Waals surface area contributed by atoms with E-state index in [9.17, 15) is 14.9 Å². The van der Waals surface area contributed by atoms with Gasteiger partial charge < -0.3 is 19.9 Å². The fourth-order valence-corrected chi connectivity index (χ4v) is 4.43. The van der Waals surface area contributed by atoms with E-state index in [1.165, 1.54) is 23.1 Å². The van der Waals surface area contributed by atoms with Crippen molar-refractivity contribution in [1.29, 1.82) is 0 Å². The molecule has 8 nitrogen and oxygen atoms in total. The Morgan fingerprint density at radius 1 is 1.25 bits per heavy atom. The molecule has 32 heavy (non-hydrogen) atoms. The Hall–Kier alpha value is -3.39. The standard InChI is InChI=1S/C24H28N4O4/c1-16-13-18(28(30)31)3-5-22(16)26-24(29)9-12-27-10-7-17(8-11-27)21-15-25-23-6-4-19(32-2)14-20(21)23/h3-6,13-15,17,25H,7-12H2,1-2H3,(H,26,29). The minimum absolute atomic E-state index is 0.0250. The number of hydrogen-bond donors (Lipinski definition) is 2. The van der Waals surface area contributed by atoms with Crippen molar-refractivity contribution in [3.63, 3.8) is 0 Å². The fraction of sp³-hybridized carbons (Fsp3) is 0.375. The molecule has 0 unspecified atom stereocenters. The molecular formula is C24H28N4O4. The molecule has 4 rings (SSSR count). The Labute approximate surface area is 186 Å². The zero-order valence-electron chi connectivity index (χ0n) is 18.4. The van der Waals surface area contributed by atoms with E-state index in [1.807, 2.05) is 6.07 Å². The van der Waals surface area contributed by atoms with Gasteiger partial charge in [-0.25, -0.2) is 0 Å².